The number of nitrogens with one attached hydrogen (secondary N) is 1. The van der Waals surface area contributed by atoms with E-state index in [1.807, 2.05) is 0 Å². The molecule has 1 unspecified atom stereocenters. The van der Waals surface area contributed by atoms with Gasteiger partial charge in [-0.1, -0.05) is 0 Å². The summed E-state index contributed by atoms with van der Waals surface area (Å²) >= 11 is 0. The number of phenols is 2. The first kappa shape index (κ1) is 10.1. The number of hydrogen-bond acceptors (Lipinski definition) is 4. The fourth-order valence-electron chi connectivity index (χ4n) is 1.94. The molecule has 0 amide bonds. The zero-order valence-electron chi connectivity index (χ0n) is 8.66. The summed E-state index contributed by atoms with van der Waals surface area (Å²) in [5.74, 6) is -0.00371. The minimum absolute atomic E-state index is 0.127. The Morgan fingerprint density at radius 2 is 2.20 bits per heavy atom. The first-order valence-electron chi connectivity index (χ1n) is 5.05. The van der Waals surface area contributed by atoms with Crippen LogP contribution in [0, 0.1) is 0 Å². The van der Waals surface area contributed by atoms with Gasteiger partial charge in [-0.2, -0.15) is 0 Å². The van der Waals surface area contributed by atoms with Gasteiger partial charge in [0.05, 0.1) is 7.11 Å². The Kier molecular flexibility index (Phi) is 2.68. The molecule has 4 heteroatoms. The minimum Gasteiger partial charge on any atom is -0.504 e. The number of aromatic hydroxyl groups is 2. The molecule has 1 aliphatic heterocycles. The summed E-state index contributed by atoms with van der Waals surface area (Å²) in [5, 5.41) is 22.3. The highest BCUT2D eigenvalue weighted by atomic mass is 16.5. The van der Waals surface area contributed by atoms with Crippen LogP contribution >= 0.6 is 0 Å². The molecule has 1 aromatic rings. The topological polar surface area (TPSA) is 61.7 Å². The van der Waals surface area contributed by atoms with Crippen molar-refractivity contribution in [3.8, 4) is 17.2 Å². The van der Waals surface area contributed by atoms with Gasteiger partial charge in [-0.25, -0.2) is 0 Å². The van der Waals surface area contributed by atoms with E-state index >= 15 is 0 Å². The number of rotatable bonds is 2. The highest BCUT2D eigenvalue weighted by molar-refractivity contribution is 5.52. The van der Waals surface area contributed by atoms with Crippen molar-refractivity contribution in [3.63, 3.8) is 0 Å². The van der Waals surface area contributed by atoms with Crippen molar-refractivity contribution < 1.29 is 14.9 Å². The van der Waals surface area contributed by atoms with E-state index in [0.29, 0.717) is 5.75 Å². The summed E-state index contributed by atoms with van der Waals surface area (Å²) in [7, 11) is 1.47. The number of ether oxygens (including phenoxy) is 1. The molecule has 1 aromatic carbocycles. The number of phenolic OH excluding ortho intramolecular Hbond substituents is 2. The summed E-state index contributed by atoms with van der Waals surface area (Å²) in [6.45, 7) is 0.995. The monoisotopic (exact) mass is 209 g/mol. The first-order valence-corrected chi connectivity index (χ1v) is 5.05. The first-order chi connectivity index (χ1) is 7.22. The van der Waals surface area contributed by atoms with Gasteiger partial charge in [0.2, 0.25) is 5.75 Å². The SMILES string of the molecule is COc1cc(C2CCCN2)cc(O)c1O. The molecule has 4 nitrogen and oxygen atoms in total. The van der Waals surface area contributed by atoms with Crippen LogP contribution in [0.5, 0.6) is 17.2 Å². The van der Waals surface area contributed by atoms with Crippen molar-refractivity contribution in [1.29, 1.82) is 0 Å². The summed E-state index contributed by atoms with van der Waals surface area (Å²) in [6, 6.07) is 3.60. The van der Waals surface area contributed by atoms with Crippen molar-refractivity contribution in [2.75, 3.05) is 13.7 Å². The Bertz CT molecular complexity index is 359. The van der Waals surface area contributed by atoms with Crippen LogP contribution in [0.15, 0.2) is 12.1 Å². The molecule has 1 heterocycles. The van der Waals surface area contributed by atoms with Crippen molar-refractivity contribution in [2.45, 2.75) is 18.9 Å². The van der Waals surface area contributed by atoms with Gasteiger partial charge in [0.1, 0.15) is 0 Å². The molecule has 82 valence electrons. The lowest BCUT2D eigenvalue weighted by Gasteiger charge is -2.13. The number of methoxy groups -OCH3 is 1. The van der Waals surface area contributed by atoms with Crippen molar-refractivity contribution in [2.24, 2.45) is 0 Å². The van der Waals surface area contributed by atoms with Crippen molar-refractivity contribution in [1.82, 2.24) is 5.32 Å². The maximum Gasteiger partial charge on any atom is 0.200 e. The molecule has 0 aliphatic carbocycles. The molecular formula is C11H15NO3. The summed E-state index contributed by atoms with van der Waals surface area (Å²) in [4.78, 5) is 0. The lowest BCUT2D eigenvalue weighted by Crippen LogP contribution is -2.12. The van der Waals surface area contributed by atoms with E-state index in [-0.39, 0.29) is 17.5 Å². The molecule has 1 saturated heterocycles. The Hall–Kier alpha value is -1.42. The quantitative estimate of drug-likeness (QED) is 0.646. The molecule has 1 fully saturated rings. The van der Waals surface area contributed by atoms with Crippen LogP contribution in [-0.2, 0) is 0 Å². The Morgan fingerprint density at radius 1 is 1.40 bits per heavy atom. The molecule has 0 bridgehead atoms. The van der Waals surface area contributed by atoms with E-state index in [9.17, 15) is 10.2 Å². The third-order valence-electron chi connectivity index (χ3n) is 2.76. The summed E-state index contributed by atoms with van der Waals surface area (Å²) in [6.07, 6.45) is 2.18. The molecule has 1 atom stereocenters. The van der Waals surface area contributed by atoms with Gasteiger partial charge in [0, 0.05) is 6.04 Å². The Morgan fingerprint density at radius 3 is 2.80 bits per heavy atom. The molecule has 0 radical (unpaired) electrons. The standard InChI is InChI=1S/C11H15NO3/c1-15-10-6-7(5-9(13)11(10)14)8-3-2-4-12-8/h5-6,8,12-14H,2-4H2,1H3. The van der Waals surface area contributed by atoms with Crippen LogP contribution in [0.2, 0.25) is 0 Å². The van der Waals surface area contributed by atoms with Gasteiger partial charge in [0.25, 0.3) is 0 Å². The van der Waals surface area contributed by atoms with Crippen LogP contribution in [0.3, 0.4) is 0 Å². The van der Waals surface area contributed by atoms with E-state index in [2.05, 4.69) is 5.32 Å². The maximum atomic E-state index is 9.51. The highest BCUT2D eigenvalue weighted by Crippen LogP contribution is 2.39. The average Bonchev–Trinajstić information content (AvgIpc) is 2.75. The third kappa shape index (κ3) is 1.85. The second-order valence-corrected chi connectivity index (χ2v) is 3.74. The van der Waals surface area contributed by atoms with E-state index in [4.69, 9.17) is 4.74 Å². The van der Waals surface area contributed by atoms with E-state index < -0.39 is 0 Å². The number of hydrogen-bond donors (Lipinski definition) is 3. The predicted octanol–water partition coefficient (Wildman–Crippen LogP) is 1.53. The second kappa shape index (κ2) is 3.98. The third-order valence-corrected chi connectivity index (χ3v) is 2.76. The summed E-state index contributed by atoms with van der Waals surface area (Å²) < 4.78 is 4.99. The van der Waals surface area contributed by atoms with Crippen molar-refractivity contribution >= 4 is 0 Å². The van der Waals surface area contributed by atoms with Crippen LogP contribution in [0.1, 0.15) is 24.4 Å². The zero-order chi connectivity index (χ0) is 10.8. The van der Waals surface area contributed by atoms with Gasteiger partial charge in [-0.15, -0.1) is 0 Å². The predicted molar refractivity (Wildman–Crippen MR) is 56.3 cm³/mol. The Labute approximate surface area is 88.5 Å². The number of benzene rings is 1. The van der Waals surface area contributed by atoms with Gasteiger partial charge < -0.3 is 20.3 Å². The minimum atomic E-state index is -0.195. The smallest absolute Gasteiger partial charge is 0.200 e. The van der Waals surface area contributed by atoms with Crippen LogP contribution in [0.25, 0.3) is 0 Å². The van der Waals surface area contributed by atoms with Gasteiger partial charge in [-0.3, -0.25) is 0 Å². The van der Waals surface area contributed by atoms with Gasteiger partial charge in [0.15, 0.2) is 11.5 Å². The average molecular weight is 209 g/mol. The lowest BCUT2D eigenvalue weighted by molar-refractivity contribution is 0.349. The molecular weight excluding hydrogens is 194 g/mol. The fraction of sp³-hybridized carbons (Fsp3) is 0.455. The normalized spacial score (nSPS) is 20.5. The van der Waals surface area contributed by atoms with Crippen LogP contribution < -0.4 is 10.1 Å². The van der Waals surface area contributed by atoms with Crippen molar-refractivity contribution in [3.05, 3.63) is 17.7 Å². The molecule has 3 N–H and O–H groups in total. The van der Waals surface area contributed by atoms with Gasteiger partial charge >= 0.3 is 0 Å². The summed E-state index contributed by atoms with van der Waals surface area (Å²) in [5.41, 5.74) is 0.958. The van der Waals surface area contributed by atoms with E-state index in [0.717, 1.165) is 24.9 Å². The second-order valence-electron chi connectivity index (χ2n) is 3.74. The molecule has 0 aromatic heterocycles. The maximum absolute atomic E-state index is 9.51. The van der Waals surface area contributed by atoms with E-state index in [1.165, 1.54) is 7.11 Å². The fourth-order valence-corrected chi connectivity index (χ4v) is 1.94. The van der Waals surface area contributed by atoms with E-state index in [1.54, 1.807) is 12.1 Å². The van der Waals surface area contributed by atoms with Gasteiger partial charge in [-0.05, 0) is 37.1 Å². The molecule has 2 rings (SSSR count). The largest absolute Gasteiger partial charge is 0.504 e. The van der Waals surface area contributed by atoms with Crippen LogP contribution in [-0.4, -0.2) is 23.9 Å². The molecule has 1 aliphatic rings. The molecule has 15 heavy (non-hydrogen) atoms. The highest BCUT2D eigenvalue weighted by Gasteiger charge is 2.19. The lowest BCUT2D eigenvalue weighted by atomic mass is 10.0. The zero-order valence-corrected chi connectivity index (χ0v) is 8.66. The molecule has 0 saturated carbocycles. The van der Waals surface area contributed by atoms with Crippen LogP contribution in [0.4, 0.5) is 0 Å². The Balaban J connectivity index is 2.35. The molecule has 0 spiro atoms.